The van der Waals surface area contributed by atoms with Crippen molar-refractivity contribution < 1.29 is 9.59 Å². The van der Waals surface area contributed by atoms with Crippen LogP contribution in [0.1, 0.15) is 11.1 Å². The highest BCUT2D eigenvalue weighted by molar-refractivity contribution is 6.22. The molecule has 0 spiro atoms. The van der Waals surface area contributed by atoms with Gasteiger partial charge in [-0.3, -0.25) is 19.6 Å². The van der Waals surface area contributed by atoms with Crippen molar-refractivity contribution in [1.29, 1.82) is 0 Å². The van der Waals surface area contributed by atoms with Crippen LogP contribution in [0.3, 0.4) is 0 Å². The molecule has 2 aromatic rings. The molecule has 1 heterocycles. The molecule has 1 aliphatic rings. The maximum atomic E-state index is 12.1. The van der Waals surface area contributed by atoms with E-state index in [0.717, 1.165) is 13.1 Å². The minimum atomic E-state index is -0.287. The highest BCUT2D eigenvalue weighted by Gasteiger charge is 2.35. The van der Waals surface area contributed by atoms with Crippen LogP contribution < -0.4 is 0 Å². The summed E-state index contributed by atoms with van der Waals surface area (Å²) in [7, 11) is 3.17. The normalized spacial score (nSPS) is 14.4. The topological polar surface area (TPSA) is 43.9 Å². The fraction of sp³-hybridized carbons (Fsp3) is 0.182. The van der Waals surface area contributed by atoms with Gasteiger partial charge in [-0.25, -0.2) is 0 Å². The van der Waals surface area contributed by atoms with E-state index >= 15 is 0 Å². The summed E-state index contributed by atoms with van der Waals surface area (Å²) in [6.45, 7) is 1.47. The third-order valence-electron chi connectivity index (χ3n) is 4.52. The number of amides is 2. The van der Waals surface area contributed by atoms with Crippen LogP contribution in [0.15, 0.2) is 84.6 Å². The fourth-order valence-electron chi connectivity index (χ4n) is 2.91. The van der Waals surface area contributed by atoms with E-state index in [1.807, 2.05) is 42.6 Å². The van der Waals surface area contributed by atoms with E-state index in [1.165, 1.54) is 21.1 Å². The number of carbonyl (C=O) groups excluding carboxylic acids is 2. The Morgan fingerprint density at radius 3 is 1.67 bits per heavy atom. The number of hydrazine groups is 1. The third-order valence-corrected chi connectivity index (χ3v) is 4.52. The van der Waals surface area contributed by atoms with Crippen LogP contribution in [0.4, 0.5) is 0 Å². The molecule has 0 N–H and O–H groups in total. The van der Waals surface area contributed by atoms with Gasteiger partial charge in [0, 0.05) is 27.2 Å². The first kappa shape index (κ1) is 18.5. The molecule has 1 fully saturated rings. The standard InChI is InChI=1S/C22H23N3O2/c1-23-21(26)20(22(27)24(23)2)14-9-15-25(16-18-10-5-3-6-11-18)17-19-12-7-4-8-13-19/h3-15H,16-17H2,1-2H3. The molecule has 138 valence electrons. The minimum Gasteiger partial charge on any atom is -0.369 e. The second-order valence-corrected chi connectivity index (χ2v) is 6.46. The highest BCUT2D eigenvalue weighted by atomic mass is 16.2. The van der Waals surface area contributed by atoms with Crippen molar-refractivity contribution in [1.82, 2.24) is 14.9 Å². The maximum Gasteiger partial charge on any atom is 0.277 e. The lowest BCUT2D eigenvalue weighted by molar-refractivity contribution is -0.141. The molecule has 3 rings (SSSR count). The van der Waals surface area contributed by atoms with Gasteiger partial charge in [-0.15, -0.1) is 0 Å². The van der Waals surface area contributed by atoms with Gasteiger partial charge in [0.2, 0.25) is 0 Å². The molecule has 1 aliphatic heterocycles. The number of nitrogens with zero attached hydrogens (tertiary/aromatic N) is 3. The number of allylic oxidation sites excluding steroid dienone is 2. The molecular formula is C22H23N3O2. The van der Waals surface area contributed by atoms with E-state index in [1.54, 1.807) is 26.2 Å². The summed E-state index contributed by atoms with van der Waals surface area (Å²) in [4.78, 5) is 26.4. The molecule has 1 saturated heterocycles. The molecule has 0 atom stereocenters. The molecule has 5 heteroatoms. The first-order valence-corrected chi connectivity index (χ1v) is 8.82. The van der Waals surface area contributed by atoms with Crippen LogP contribution in [0, 0.1) is 0 Å². The SMILES string of the molecule is CN1C(=O)C(=CC=CN(Cc2ccccc2)Cc2ccccc2)C(=O)N1C. The van der Waals surface area contributed by atoms with Gasteiger partial charge in [0.1, 0.15) is 5.57 Å². The molecule has 0 unspecified atom stereocenters. The average Bonchev–Trinajstić information content (AvgIpc) is 2.87. The predicted molar refractivity (Wildman–Crippen MR) is 105 cm³/mol. The van der Waals surface area contributed by atoms with Crippen molar-refractivity contribution in [3.05, 3.63) is 95.7 Å². The zero-order valence-electron chi connectivity index (χ0n) is 15.6. The molecule has 2 amide bonds. The lowest BCUT2D eigenvalue weighted by Crippen LogP contribution is -2.33. The Bertz CT molecular complexity index is 796. The summed E-state index contributed by atoms with van der Waals surface area (Å²) in [5.41, 5.74) is 2.56. The second kappa shape index (κ2) is 8.36. The summed E-state index contributed by atoms with van der Waals surface area (Å²) in [6, 6.07) is 20.4. The van der Waals surface area contributed by atoms with Crippen LogP contribution in [0.25, 0.3) is 0 Å². The number of carbonyl (C=O) groups is 2. The van der Waals surface area contributed by atoms with E-state index in [-0.39, 0.29) is 17.4 Å². The molecule has 2 aromatic carbocycles. The largest absolute Gasteiger partial charge is 0.369 e. The van der Waals surface area contributed by atoms with Gasteiger partial charge in [-0.05, 0) is 29.5 Å². The monoisotopic (exact) mass is 361 g/mol. The Hall–Kier alpha value is -3.34. The molecule has 0 aromatic heterocycles. The lowest BCUT2D eigenvalue weighted by Gasteiger charge is -2.20. The zero-order valence-corrected chi connectivity index (χ0v) is 15.6. The molecular weight excluding hydrogens is 338 g/mol. The Kier molecular flexibility index (Phi) is 5.71. The number of benzene rings is 2. The van der Waals surface area contributed by atoms with E-state index in [4.69, 9.17) is 0 Å². The third kappa shape index (κ3) is 4.44. The lowest BCUT2D eigenvalue weighted by atomic mass is 10.1. The van der Waals surface area contributed by atoms with E-state index in [0.29, 0.717) is 0 Å². The zero-order chi connectivity index (χ0) is 19.2. The Balaban J connectivity index is 1.78. The van der Waals surface area contributed by atoms with Crippen molar-refractivity contribution in [3.63, 3.8) is 0 Å². The first-order chi connectivity index (χ1) is 13.1. The van der Waals surface area contributed by atoms with Crippen molar-refractivity contribution in [2.75, 3.05) is 14.1 Å². The van der Waals surface area contributed by atoms with Gasteiger partial charge in [0.05, 0.1) is 0 Å². The van der Waals surface area contributed by atoms with Gasteiger partial charge in [0.25, 0.3) is 11.8 Å². The van der Waals surface area contributed by atoms with Crippen LogP contribution in [0.2, 0.25) is 0 Å². The van der Waals surface area contributed by atoms with Crippen LogP contribution in [-0.4, -0.2) is 40.8 Å². The Labute approximate surface area is 159 Å². The van der Waals surface area contributed by atoms with E-state index < -0.39 is 0 Å². The summed E-state index contributed by atoms with van der Waals surface area (Å²) in [5, 5.41) is 2.63. The molecule has 27 heavy (non-hydrogen) atoms. The summed E-state index contributed by atoms with van der Waals surface area (Å²) in [6.07, 6.45) is 5.28. The summed E-state index contributed by atoms with van der Waals surface area (Å²) < 4.78 is 0. The first-order valence-electron chi connectivity index (χ1n) is 8.82. The van der Waals surface area contributed by atoms with Gasteiger partial charge < -0.3 is 4.90 Å². The van der Waals surface area contributed by atoms with E-state index in [2.05, 4.69) is 29.2 Å². The highest BCUT2D eigenvalue weighted by Crippen LogP contribution is 2.16. The minimum absolute atomic E-state index is 0.177. The van der Waals surface area contributed by atoms with Crippen LogP contribution >= 0.6 is 0 Å². The number of hydrogen-bond donors (Lipinski definition) is 0. The average molecular weight is 361 g/mol. The van der Waals surface area contributed by atoms with Crippen molar-refractivity contribution in [2.24, 2.45) is 0 Å². The molecule has 0 aliphatic carbocycles. The van der Waals surface area contributed by atoms with Gasteiger partial charge in [0.15, 0.2) is 0 Å². The molecule has 0 saturated carbocycles. The fourth-order valence-corrected chi connectivity index (χ4v) is 2.91. The van der Waals surface area contributed by atoms with Crippen LogP contribution in [0.5, 0.6) is 0 Å². The van der Waals surface area contributed by atoms with Gasteiger partial charge in [-0.2, -0.15) is 0 Å². The molecule has 5 nitrogen and oxygen atoms in total. The van der Waals surface area contributed by atoms with Crippen LogP contribution in [-0.2, 0) is 22.7 Å². The number of hydrogen-bond acceptors (Lipinski definition) is 3. The van der Waals surface area contributed by atoms with Gasteiger partial charge >= 0.3 is 0 Å². The number of rotatable bonds is 6. The van der Waals surface area contributed by atoms with Crippen molar-refractivity contribution in [3.8, 4) is 0 Å². The quantitative estimate of drug-likeness (QED) is 0.587. The summed E-state index contributed by atoms with van der Waals surface area (Å²) in [5.74, 6) is -0.574. The Morgan fingerprint density at radius 2 is 1.22 bits per heavy atom. The number of likely N-dealkylation sites (N-methyl/N-ethyl adjacent to an activating group) is 2. The predicted octanol–water partition coefficient (Wildman–Crippen LogP) is 2.97. The second-order valence-electron chi connectivity index (χ2n) is 6.46. The Morgan fingerprint density at radius 1 is 0.778 bits per heavy atom. The van der Waals surface area contributed by atoms with Crippen molar-refractivity contribution in [2.45, 2.75) is 13.1 Å². The molecule has 0 bridgehead atoms. The smallest absolute Gasteiger partial charge is 0.277 e. The van der Waals surface area contributed by atoms with Gasteiger partial charge in [-0.1, -0.05) is 60.7 Å². The van der Waals surface area contributed by atoms with E-state index in [9.17, 15) is 9.59 Å². The van der Waals surface area contributed by atoms with Crippen molar-refractivity contribution >= 4 is 11.8 Å². The summed E-state index contributed by atoms with van der Waals surface area (Å²) >= 11 is 0. The molecule has 0 radical (unpaired) electrons. The maximum absolute atomic E-state index is 12.1.